The zero-order valence-electron chi connectivity index (χ0n) is 16.4. The summed E-state index contributed by atoms with van der Waals surface area (Å²) in [6.45, 7) is 8.31. The van der Waals surface area contributed by atoms with Crippen molar-refractivity contribution in [3.05, 3.63) is 47.7 Å². The Bertz CT molecular complexity index is 814. The van der Waals surface area contributed by atoms with Crippen molar-refractivity contribution < 1.29 is 9.53 Å². The molecule has 3 heterocycles. The number of aryl methyl sites for hydroxylation is 1. The Morgan fingerprint density at radius 3 is 2.57 bits per heavy atom. The van der Waals surface area contributed by atoms with Gasteiger partial charge in [0, 0.05) is 45.3 Å². The van der Waals surface area contributed by atoms with Gasteiger partial charge in [0.15, 0.2) is 5.82 Å². The standard InChI is InChI=1S/C21H27N5O2/c1-17-3-2-4-18(13-17)14-21(27)26-7-5-25(6-8-26)20-15-19(16-22-23-20)24-9-11-28-12-10-24/h2-4,13,15-16H,5-12,14H2,1H3. The molecular formula is C21H27N5O2. The van der Waals surface area contributed by atoms with Crippen molar-refractivity contribution in [3.63, 3.8) is 0 Å². The van der Waals surface area contributed by atoms with Crippen molar-refractivity contribution in [2.75, 3.05) is 62.3 Å². The largest absolute Gasteiger partial charge is 0.378 e. The van der Waals surface area contributed by atoms with Crippen LogP contribution in [0.4, 0.5) is 11.5 Å². The maximum Gasteiger partial charge on any atom is 0.227 e. The molecule has 1 aromatic heterocycles. The SMILES string of the molecule is Cc1cccc(CC(=O)N2CCN(c3cc(N4CCOCC4)cnn3)CC2)c1. The molecule has 2 aliphatic heterocycles. The summed E-state index contributed by atoms with van der Waals surface area (Å²) in [6, 6.07) is 10.3. The number of aromatic nitrogens is 2. The molecule has 2 aliphatic rings. The Kier molecular flexibility index (Phi) is 5.71. The van der Waals surface area contributed by atoms with Gasteiger partial charge in [-0.3, -0.25) is 4.79 Å². The number of rotatable bonds is 4. The van der Waals surface area contributed by atoms with Crippen LogP contribution in [0.3, 0.4) is 0 Å². The lowest BCUT2D eigenvalue weighted by Crippen LogP contribution is -2.49. The summed E-state index contributed by atoms with van der Waals surface area (Å²) in [7, 11) is 0. The molecule has 0 atom stereocenters. The highest BCUT2D eigenvalue weighted by molar-refractivity contribution is 5.79. The van der Waals surface area contributed by atoms with Gasteiger partial charge in [-0.25, -0.2) is 0 Å². The first-order chi connectivity index (χ1) is 13.7. The van der Waals surface area contributed by atoms with Crippen LogP contribution in [-0.4, -0.2) is 73.5 Å². The van der Waals surface area contributed by atoms with Crippen LogP contribution in [0.5, 0.6) is 0 Å². The van der Waals surface area contributed by atoms with Gasteiger partial charge < -0.3 is 19.4 Å². The number of piperazine rings is 1. The molecule has 1 aromatic carbocycles. The summed E-state index contributed by atoms with van der Waals surface area (Å²) >= 11 is 0. The van der Waals surface area contributed by atoms with Crippen LogP contribution in [0.2, 0.25) is 0 Å². The third-order valence-corrected chi connectivity index (χ3v) is 5.40. The smallest absolute Gasteiger partial charge is 0.227 e. The third kappa shape index (κ3) is 4.42. The second-order valence-corrected chi connectivity index (χ2v) is 7.41. The number of hydrogen-bond acceptors (Lipinski definition) is 6. The van der Waals surface area contributed by atoms with Gasteiger partial charge >= 0.3 is 0 Å². The van der Waals surface area contributed by atoms with Crippen LogP contribution >= 0.6 is 0 Å². The van der Waals surface area contributed by atoms with Crippen LogP contribution in [0.1, 0.15) is 11.1 Å². The molecule has 28 heavy (non-hydrogen) atoms. The van der Waals surface area contributed by atoms with E-state index in [0.29, 0.717) is 19.5 Å². The molecular weight excluding hydrogens is 354 g/mol. The van der Waals surface area contributed by atoms with Crippen molar-refractivity contribution in [1.29, 1.82) is 0 Å². The first kappa shape index (κ1) is 18.7. The van der Waals surface area contributed by atoms with Gasteiger partial charge in [-0.2, -0.15) is 5.10 Å². The predicted molar refractivity (Wildman–Crippen MR) is 109 cm³/mol. The maximum absolute atomic E-state index is 12.6. The number of morpholine rings is 1. The van der Waals surface area contributed by atoms with Crippen LogP contribution in [-0.2, 0) is 16.0 Å². The van der Waals surface area contributed by atoms with Gasteiger partial charge in [0.1, 0.15) is 0 Å². The average molecular weight is 381 g/mol. The van der Waals surface area contributed by atoms with E-state index >= 15 is 0 Å². The molecule has 2 aromatic rings. The molecule has 148 valence electrons. The van der Waals surface area contributed by atoms with E-state index in [2.05, 4.69) is 45.1 Å². The number of carbonyl (C=O) groups is 1. The number of benzene rings is 1. The number of hydrogen-bond donors (Lipinski definition) is 0. The number of anilines is 2. The van der Waals surface area contributed by atoms with E-state index in [1.807, 2.05) is 23.2 Å². The minimum absolute atomic E-state index is 0.193. The molecule has 0 radical (unpaired) electrons. The minimum atomic E-state index is 0.193. The van der Waals surface area contributed by atoms with Gasteiger partial charge in [-0.15, -0.1) is 5.10 Å². The van der Waals surface area contributed by atoms with E-state index in [4.69, 9.17) is 4.74 Å². The van der Waals surface area contributed by atoms with E-state index in [-0.39, 0.29) is 5.91 Å². The van der Waals surface area contributed by atoms with Gasteiger partial charge in [0.25, 0.3) is 0 Å². The molecule has 0 N–H and O–H groups in total. The predicted octanol–water partition coefficient (Wildman–Crippen LogP) is 1.51. The summed E-state index contributed by atoms with van der Waals surface area (Å²) in [4.78, 5) is 19.1. The maximum atomic E-state index is 12.6. The first-order valence-corrected chi connectivity index (χ1v) is 9.93. The highest BCUT2D eigenvalue weighted by Gasteiger charge is 2.23. The molecule has 1 amide bonds. The number of nitrogens with zero attached hydrogens (tertiary/aromatic N) is 5. The zero-order chi connectivity index (χ0) is 19.3. The molecule has 0 spiro atoms. The van der Waals surface area contributed by atoms with Crippen LogP contribution in [0, 0.1) is 6.92 Å². The quantitative estimate of drug-likeness (QED) is 0.800. The third-order valence-electron chi connectivity index (χ3n) is 5.40. The Balaban J connectivity index is 1.34. The van der Waals surface area contributed by atoms with Crippen molar-refractivity contribution in [1.82, 2.24) is 15.1 Å². The van der Waals surface area contributed by atoms with E-state index < -0.39 is 0 Å². The molecule has 7 heteroatoms. The fourth-order valence-electron chi connectivity index (χ4n) is 3.79. The monoisotopic (exact) mass is 381 g/mol. The van der Waals surface area contributed by atoms with Gasteiger partial charge in [0.05, 0.1) is 31.5 Å². The normalized spacial score (nSPS) is 17.7. The Morgan fingerprint density at radius 1 is 1.04 bits per heavy atom. The lowest BCUT2D eigenvalue weighted by atomic mass is 10.1. The molecule has 4 rings (SSSR count). The molecule has 0 bridgehead atoms. The number of amides is 1. The lowest BCUT2D eigenvalue weighted by molar-refractivity contribution is -0.130. The summed E-state index contributed by atoms with van der Waals surface area (Å²) < 4.78 is 5.43. The zero-order valence-corrected chi connectivity index (χ0v) is 16.4. The van der Waals surface area contributed by atoms with Crippen LogP contribution in [0.15, 0.2) is 36.5 Å². The highest BCUT2D eigenvalue weighted by Crippen LogP contribution is 2.21. The summed E-state index contributed by atoms with van der Waals surface area (Å²) in [5.74, 6) is 1.08. The van der Waals surface area contributed by atoms with Crippen LogP contribution < -0.4 is 9.80 Å². The molecule has 0 unspecified atom stereocenters. The van der Waals surface area contributed by atoms with Gasteiger partial charge in [-0.1, -0.05) is 29.8 Å². The molecule has 0 aliphatic carbocycles. The fourth-order valence-corrected chi connectivity index (χ4v) is 3.79. The summed E-state index contributed by atoms with van der Waals surface area (Å²) in [5, 5.41) is 8.52. The van der Waals surface area contributed by atoms with Crippen molar-refractivity contribution in [2.45, 2.75) is 13.3 Å². The Morgan fingerprint density at radius 2 is 1.82 bits per heavy atom. The van der Waals surface area contributed by atoms with E-state index in [0.717, 1.165) is 56.5 Å². The average Bonchev–Trinajstić information content (AvgIpc) is 2.75. The van der Waals surface area contributed by atoms with E-state index in [9.17, 15) is 4.79 Å². The lowest BCUT2D eigenvalue weighted by Gasteiger charge is -2.36. The Hall–Kier alpha value is -2.67. The van der Waals surface area contributed by atoms with Crippen molar-refractivity contribution >= 4 is 17.4 Å². The molecule has 0 saturated carbocycles. The number of carbonyl (C=O) groups excluding carboxylic acids is 1. The first-order valence-electron chi connectivity index (χ1n) is 9.93. The van der Waals surface area contributed by atoms with Crippen molar-refractivity contribution in [2.24, 2.45) is 0 Å². The second kappa shape index (κ2) is 8.56. The second-order valence-electron chi connectivity index (χ2n) is 7.41. The molecule has 2 saturated heterocycles. The number of ether oxygens (including phenoxy) is 1. The van der Waals surface area contributed by atoms with Gasteiger partial charge in [-0.05, 0) is 12.5 Å². The van der Waals surface area contributed by atoms with E-state index in [1.165, 1.54) is 5.56 Å². The van der Waals surface area contributed by atoms with Crippen LogP contribution in [0.25, 0.3) is 0 Å². The minimum Gasteiger partial charge on any atom is -0.378 e. The molecule has 2 fully saturated rings. The topological polar surface area (TPSA) is 61.8 Å². The molecule has 7 nitrogen and oxygen atoms in total. The fraction of sp³-hybridized carbons (Fsp3) is 0.476. The highest BCUT2D eigenvalue weighted by atomic mass is 16.5. The van der Waals surface area contributed by atoms with Crippen molar-refractivity contribution in [3.8, 4) is 0 Å². The Labute approximate surface area is 165 Å². The van der Waals surface area contributed by atoms with E-state index in [1.54, 1.807) is 0 Å². The summed E-state index contributed by atoms with van der Waals surface area (Å²) in [6.07, 6.45) is 2.28. The van der Waals surface area contributed by atoms with Gasteiger partial charge in [0.2, 0.25) is 5.91 Å². The summed E-state index contributed by atoms with van der Waals surface area (Å²) in [5.41, 5.74) is 3.36.